The van der Waals surface area contributed by atoms with Gasteiger partial charge in [0.1, 0.15) is 12.4 Å². The lowest BCUT2D eigenvalue weighted by atomic mass is 9.74. The molecule has 154 valence electrons. The van der Waals surface area contributed by atoms with Gasteiger partial charge in [-0.25, -0.2) is 9.98 Å². The first-order valence-electron chi connectivity index (χ1n) is 9.97. The summed E-state index contributed by atoms with van der Waals surface area (Å²) in [5, 5.41) is 3.35. The van der Waals surface area contributed by atoms with Crippen molar-refractivity contribution in [1.29, 1.82) is 0 Å². The zero-order chi connectivity index (χ0) is 18.4. The lowest BCUT2D eigenvalue weighted by Crippen LogP contribution is -2.50. The third-order valence-electron chi connectivity index (χ3n) is 5.79. The summed E-state index contributed by atoms with van der Waals surface area (Å²) in [6, 6.07) is 0. The molecule has 8 heteroatoms. The average molecular weight is 495 g/mol. The maximum atomic E-state index is 13.0. The van der Waals surface area contributed by atoms with E-state index in [-0.39, 0.29) is 30.5 Å². The summed E-state index contributed by atoms with van der Waals surface area (Å²) in [4.78, 5) is 11.0. The maximum Gasteiger partial charge on any atom is 0.319 e. The summed E-state index contributed by atoms with van der Waals surface area (Å²) >= 11 is 0. The molecule has 2 heterocycles. The van der Waals surface area contributed by atoms with E-state index in [0.717, 1.165) is 30.2 Å². The molecule has 0 aromatic carbocycles. The molecule has 3 rings (SSSR count). The van der Waals surface area contributed by atoms with Gasteiger partial charge in [-0.15, -0.1) is 24.0 Å². The number of guanidine groups is 1. The summed E-state index contributed by atoms with van der Waals surface area (Å²) < 4.78 is 26.9. The quantitative estimate of drug-likeness (QED) is 0.371. The molecule has 0 bridgehead atoms. The van der Waals surface area contributed by atoms with E-state index >= 15 is 0 Å². The molecular formula is C19H32F2IN5. The predicted octanol–water partition coefficient (Wildman–Crippen LogP) is 4.80. The largest absolute Gasteiger partial charge is 0.357 e. The Morgan fingerprint density at radius 2 is 1.93 bits per heavy atom. The molecule has 0 amide bonds. The van der Waals surface area contributed by atoms with Crippen molar-refractivity contribution in [2.75, 3.05) is 19.6 Å². The number of likely N-dealkylation sites (tertiary alicyclic amines) is 1. The fourth-order valence-electron chi connectivity index (χ4n) is 4.49. The van der Waals surface area contributed by atoms with Crippen molar-refractivity contribution in [3.63, 3.8) is 0 Å². The van der Waals surface area contributed by atoms with Crippen LogP contribution in [0.1, 0.15) is 70.7 Å². The number of nitrogens with zero attached hydrogens (tertiary/aromatic N) is 4. The molecule has 1 N–H and O–H groups in total. The summed E-state index contributed by atoms with van der Waals surface area (Å²) in [7, 11) is 0. The van der Waals surface area contributed by atoms with E-state index in [1.165, 1.54) is 63.8 Å². The van der Waals surface area contributed by atoms with Crippen LogP contribution in [0.15, 0.2) is 17.4 Å². The number of halogens is 3. The Labute approximate surface area is 178 Å². The molecule has 1 saturated carbocycles. The highest BCUT2D eigenvalue weighted by Gasteiger charge is 2.36. The monoisotopic (exact) mass is 495 g/mol. The van der Waals surface area contributed by atoms with Crippen LogP contribution in [0.3, 0.4) is 0 Å². The van der Waals surface area contributed by atoms with Crippen molar-refractivity contribution >= 4 is 29.9 Å². The lowest BCUT2D eigenvalue weighted by molar-refractivity contribution is 0.0670. The van der Waals surface area contributed by atoms with Crippen LogP contribution < -0.4 is 5.32 Å². The van der Waals surface area contributed by atoms with Gasteiger partial charge in [-0.3, -0.25) is 4.57 Å². The van der Waals surface area contributed by atoms with Crippen molar-refractivity contribution in [1.82, 2.24) is 19.8 Å². The smallest absolute Gasteiger partial charge is 0.319 e. The number of aromatic nitrogens is 2. The van der Waals surface area contributed by atoms with Crippen LogP contribution in [0, 0.1) is 5.41 Å². The van der Waals surface area contributed by atoms with Crippen molar-refractivity contribution in [2.45, 2.75) is 71.4 Å². The molecular weight excluding hydrogens is 463 g/mol. The normalized spacial score (nSPS) is 20.4. The van der Waals surface area contributed by atoms with Crippen molar-refractivity contribution < 1.29 is 8.78 Å². The molecule has 1 aromatic rings. The Kier molecular flexibility index (Phi) is 8.75. The van der Waals surface area contributed by atoms with Crippen molar-refractivity contribution in [3.8, 4) is 0 Å². The van der Waals surface area contributed by atoms with E-state index in [1.807, 2.05) is 6.92 Å². The molecule has 1 spiro atoms. The number of piperidine rings is 1. The minimum absolute atomic E-state index is 0. The molecule has 5 nitrogen and oxygen atoms in total. The van der Waals surface area contributed by atoms with E-state index in [2.05, 4.69) is 20.2 Å². The molecule has 2 fully saturated rings. The molecule has 0 atom stereocenters. The average Bonchev–Trinajstić information content (AvgIpc) is 3.00. The number of hydrogen-bond donors (Lipinski definition) is 1. The second-order valence-electron chi connectivity index (χ2n) is 7.64. The Bertz CT molecular complexity index is 597. The molecule has 2 aliphatic rings. The molecule has 27 heavy (non-hydrogen) atoms. The van der Waals surface area contributed by atoms with Crippen LogP contribution in [0.25, 0.3) is 0 Å². The predicted molar refractivity (Wildman–Crippen MR) is 115 cm³/mol. The minimum atomic E-state index is -2.57. The number of nitrogens with one attached hydrogen (secondary N) is 1. The first kappa shape index (κ1) is 22.4. The molecule has 1 saturated heterocycles. The summed E-state index contributed by atoms with van der Waals surface area (Å²) in [6.07, 6.45) is 13.2. The van der Waals surface area contributed by atoms with Crippen molar-refractivity contribution in [2.24, 2.45) is 10.4 Å². The third-order valence-corrected chi connectivity index (χ3v) is 5.79. The zero-order valence-electron chi connectivity index (χ0n) is 16.2. The number of alkyl halides is 2. The van der Waals surface area contributed by atoms with Gasteiger partial charge in [0.15, 0.2) is 5.96 Å². The van der Waals surface area contributed by atoms with Gasteiger partial charge in [-0.1, -0.05) is 25.7 Å². The van der Waals surface area contributed by atoms with E-state index in [0.29, 0.717) is 11.2 Å². The van der Waals surface area contributed by atoms with Gasteiger partial charge in [-0.05, 0) is 38.0 Å². The van der Waals surface area contributed by atoms with Crippen LogP contribution >= 0.6 is 24.0 Å². The Hall–Kier alpha value is -0.930. The van der Waals surface area contributed by atoms with Crippen molar-refractivity contribution in [3.05, 3.63) is 18.2 Å². The number of rotatable bonds is 4. The molecule has 1 aliphatic carbocycles. The number of aliphatic imine (C=N–C) groups is 1. The summed E-state index contributed by atoms with van der Waals surface area (Å²) in [6.45, 7) is 2.42. The minimum Gasteiger partial charge on any atom is -0.357 e. The third kappa shape index (κ3) is 5.77. The zero-order valence-corrected chi connectivity index (χ0v) is 18.5. The van der Waals surface area contributed by atoms with Gasteiger partial charge in [0.05, 0.1) is 0 Å². The lowest BCUT2D eigenvalue weighted by Gasteiger charge is -2.44. The highest BCUT2D eigenvalue weighted by Crippen LogP contribution is 2.42. The van der Waals surface area contributed by atoms with Crippen LogP contribution in [0.2, 0.25) is 0 Å². The van der Waals surface area contributed by atoms with Crippen LogP contribution in [-0.4, -0.2) is 40.0 Å². The fourth-order valence-corrected chi connectivity index (χ4v) is 4.49. The Morgan fingerprint density at radius 3 is 2.59 bits per heavy atom. The molecule has 0 radical (unpaired) electrons. The second-order valence-corrected chi connectivity index (χ2v) is 7.64. The van der Waals surface area contributed by atoms with Gasteiger partial charge in [0, 0.05) is 32.0 Å². The molecule has 0 unspecified atom stereocenters. The van der Waals surface area contributed by atoms with E-state index in [4.69, 9.17) is 0 Å². The van der Waals surface area contributed by atoms with E-state index in [1.54, 1.807) is 0 Å². The van der Waals surface area contributed by atoms with Gasteiger partial charge in [0.2, 0.25) is 0 Å². The Morgan fingerprint density at radius 1 is 1.22 bits per heavy atom. The second kappa shape index (κ2) is 10.6. The van der Waals surface area contributed by atoms with Crippen LogP contribution in [0.5, 0.6) is 0 Å². The van der Waals surface area contributed by atoms with Crippen LogP contribution in [-0.2, 0) is 6.54 Å². The standard InChI is InChI=1S/C19H31F2N5.HI/c1-2-22-18(24-14-16-23-11-13-26(16)17(20)21)25-12-7-10-19(15-25)8-5-3-4-6-9-19;/h11,13,17H,2-10,12,14-15H2,1H3,(H,22,24);1H. The first-order chi connectivity index (χ1) is 12.6. The van der Waals surface area contributed by atoms with Gasteiger partial charge in [-0.2, -0.15) is 8.78 Å². The SMILES string of the molecule is CCNC(=NCc1nccn1C(F)F)N1CCCC2(CCCCCC2)C1.I. The van der Waals surface area contributed by atoms with Gasteiger partial charge in [0.25, 0.3) is 0 Å². The number of hydrogen-bond acceptors (Lipinski definition) is 2. The molecule has 1 aliphatic heterocycles. The first-order valence-corrected chi connectivity index (χ1v) is 9.97. The highest BCUT2D eigenvalue weighted by atomic mass is 127. The highest BCUT2D eigenvalue weighted by molar-refractivity contribution is 14.0. The van der Waals surface area contributed by atoms with E-state index in [9.17, 15) is 8.78 Å². The van der Waals surface area contributed by atoms with Gasteiger partial charge >= 0.3 is 6.55 Å². The van der Waals surface area contributed by atoms with E-state index < -0.39 is 6.55 Å². The summed E-state index contributed by atoms with van der Waals surface area (Å²) in [5.41, 5.74) is 0.409. The molecule has 1 aromatic heterocycles. The summed E-state index contributed by atoms with van der Waals surface area (Å²) in [5.74, 6) is 1.14. The topological polar surface area (TPSA) is 45.5 Å². The number of imidazole rings is 1. The van der Waals surface area contributed by atoms with Gasteiger partial charge < -0.3 is 10.2 Å². The Balaban J connectivity index is 0.00000261. The van der Waals surface area contributed by atoms with Crippen LogP contribution in [0.4, 0.5) is 8.78 Å². The maximum absolute atomic E-state index is 13.0. The fraction of sp³-hybridized carbons (Fsp3) is 0.789.